The van der Waals surface area contributed by atoms with E-state index in [1.165, 1.54) is 6.33 Å². The minimum absolute atomic E-state index is 0.0718. The first kappa shape index (κ1) is 20.6. The van der Waals surface area contributed by atoms with E-state index in [2.05, 4.69) is 31.4 Å². The molecule has 1 N–H and O–H groups in total. The van der Waals surface area contributed by atoms with Crippen LogP contribution in [0.5, 0.6) is 5.75 Å². The van der Waals surface area contributed by atoms with E-state index < -0.39 is 0 Å². The Hall–Kier alpha value is -4.29. The zero-order valence-electron chi connectivity index (χ0n) is 17.8. The third-order valence-corrected chi connectivity index (χ3v) is 5.32. The molecule has 0 spiro atoms. The topological polar surface area (TPSA) is 111 Å². The summed E-state index contributed by atoms with van der Waals surface area (Å²) >= 11 is 0. The maximum absolute atomic E-state index is 9.65. The summed E-state index contributed by atoms with van der Waals surface area (Å²) in [5.41, 5.74) is 3.75. The van der Waals surface area contributed by atoms with Crippen LogP contribution in [0.4, 0.5) is 11.6 Å². The lowest BCUT2D eigenvalue weighted by atomic mass is 10.1. The summed E-state index contributed by atoms with van der Waals surface area (Å²) in [5, 5.41) is 17.0. The van der Waals surface area contributed by atoms with Crippen molar-refractivity contribution in [2.24, 2.45) is 0 Å². The first-order valence-electron chi connectivity index (χ1n) is 10.6. The molecule has 0 atom stereocenters. The van der Waals surface area contributed by atoms with E-state index in [1.807, 2.05) is 42.5 Å². The van der Waals surface area contributed by atoms with Gasteiger partial charge in [0.2, 0.25) is 5.95 Å². The lowest BCUT2D eigenvalue weighted by molar-refractivity contribution is 0.0254. The van der Waals surface area contributed by atoms with Crippen molar-refractivity contribution in [1.82, 2.24) is 24.7 Å². The van der Waals surface area contributed by atoms with E-state index in [-0.39, 0.29) is 6.10 Å². The van der Waals surface area contributed by atoms with Crippen LogP contribution in [-0.4, -0.2) is 44.1 Å². The van der Waals surface area contributed by atoms with Gasteiger partial charge in [0.15, 0.2) is 0 Å². The zero-order chi connectivity index (χ0) is 22.5. The largest absolute Gasteiger partial charge is 0.489 e. The highest BCUT2D eigenvalue weighted by atomic mass is 16.5. The van der Waals surface area contributed by atoms with Crippen LogP contribution >= 0.6 is 0 Å². The second-order valence-corrected chi connectivity index (χ2v) is 7.53. The fourth-order valence-electron chi connectivity index (χ4n) is 3.60. The summed E-state index contributed by atoms with van der Waals surface area (Å²) < 4.78 is 13.1. The number of rotatable bonds is 6. The van der Waals surface area contributed by atoms with Crippen LogP contribution in [0.2, 0.25) is 0 Å². The van der Waals surface area contributed by atoms with E-state index in [9.17, 15) is 5.26 Å². The SMILES string of the molecule is N#Cc1cc(-c2ccnc(Nc3ccc(-n4cncn4)cc3)n2)ccc1OC1CCOCC1. The van der Waals surface area contributed by atoms with Crippen LogP contribution in [0.1, 0.15) is 18.4 Å². The van der Waals surface area contributed by atoms with E-state index in [0.29, 0.717) is 36.2 Å². The number of ether oxygens (including phenoxy) is 2. The Kier molecular flexibility index (Phi) is 5.91. The third-order valence-electron chi connectivity index (χ3n) is 5.32. The number of nitrogens with zero attached hydrogens (tertiary/aromatic N) is 6. The maximum Gasteiger partial charge on any atom is 0.227 e. The zero-order valence-corrected chi connectivity index (χ0v) is 17.8. The molecular weight excluding hydrogens is 418 g/mol. The van der Waals surface area contributed by atoms with Crippen LogP contribution in [-0.2, 0) is 4.74 Å². The highest BCUT2D eigenvalue weighted by Gasteiger charge is 2.17. The minimum atomic E-state index is 0.0718. The van der Waals surface area contributed by atoms with Crippen LogP contribution in [0.25, 0.3) is 16.9 Å². The fraction of sp³-hybridized carbons (Fsp3) is 0.208. The molecule has 0 radical (unpaired) electrons. The number of nitrogens with one attached hydrogen (secondary N) is 1. The second kappa shape index (κ2) is 9.46. The smallest absolute Gasteiger partial charge is 0.227 e. The Balaban J connectivity index is 1.32. The average molecular weight is 439 g/mol. The molecule has 164 valence electrons. The molecule has 0 aliphatic carbocycles. The van der Waals surface area contributed by atoms with Crippen LogP contribution in [0.3, 0.4) is 0 Å². The van der Waals surface area contributed by atoms with Gasteiger partial charge in [-0.15, -0.1) is 0 Å². The van der Waals surface area contributed by atoms with Crippen LogP contribution in [0.15, 0.2) is 67.4 Å². The van der Waals surface area contributed by atoms with E-state index in [4.69, 9.17) is 9.47 Å². The predicted octanol–water partition coefficient (Wildman–Crippen LogP) is 3.90. The van der Waals surface area contributed by atoms with Gasteiger partial charge < -0.3 is 14.8 Å². The molecule has 1 saturated heterocycles. The first-order valence-corrected chi connectivity index (χ1v) is 10.6. The van der Waals surface area contributed by atoms with Gasteiger partial charge in [0.1, 0.15) is 30.6 Å². The van der Waals surface area contributed by atoms with Crippen molar-refractivity contribution in [3.05, 3.63) is 72.9 Å². The molecule has 2 aromatic heterocycles. The van der Waals surface area contributed by atoms with Gasteiger partial charge in [-0.25, -0.2) is 19.6 Å². The molecule has 9 heteroatoms. The Bertz CT molecular complexity index is 1260. The Morgan fingerprint density at radius 1 is 1.09 bits per heavy atom. The van der Waals surface area contributed by atoms with E-state index >= 15 is 0 Å². The molecule has 9 nitrogen and oxygen atoms in total. The minimum Gasteiger partial charge on any atom is -0.489 e. The highest BCUT2D eigenvalue weighted by molar-refractivity contribution is 5.66. The van der Waals surface area contributed by atoms with Gasteiger partial charge in [0.05, 0.1) is 30.2 Å². The highest BCUT2D eigenvalue weighted by Crippen LogP contribution is 2.28. The molecule has 1 fully saturated rings. The van der Waals surface area contributed by atoms with Crippen molar-refractivity contribution < 1.29 is 9.47 Å². The summed E-state index contributed by atoms with van der Waals surface area (Å²) in [6.45, 7) is 1.37. The molecule has 33 heavy (non-hydrogen) atoms. The Labute approximate surface area is 190 Å². The molecule has 5 rings (SSSR count). The van der Waals surface area contributed by atoms with Gasteiger partial charge in [-0.2, -0.15) is 10.4 Å². The molecular formula is C24H21N7O2. The lowest BCUT2D eigenvalue weighted by Gasteiger charge is -2.23. The van der Waals surface area contributed by atoms with Crippen molar-refractivity contribution >= 4 is 11.6 Å². The van der Waals surface area contributed by atoms with E-state index in [0.717, 1.165) is 29.8 Å². The third kappa shape index (κ3) is 4.81. The van der Waals surface area contributed by atoms with Crippen LogP contribution in [0, 0.1) is 11.3 Å². The van der Waals surface area contributed by atoms with E-state index in [1.54, 1.807) is 23.3 Å². The molecule has 0 saturated carbocycles. The first-order chi connectivity index (χ1) is 16.3. The van der Waals surface area contributed by atoms with Crippen molar-refractivity contribution in [3.63, 3.8) is 0 Å². The summed E-state index contributed by atoms with van der Waals surface area (Å²) in [6, 6.07) is 17.3. The molecule has 2 aromatic carbocycles. The summed E-state index contributed by atoms with van der Waals surface area (Å²) in [4.78, 5) is 12.9. The average Bonchev–Trinajstić information content (AvgIpc) is 3.41. The van der Waals surface area contributed by atoms with Crippen molar-refractivity contribution in [3.8, 4) is 28.8 Å². The lowest BCUT2D eigenvalue weighted by Crippen LogP contribution is -2.26. The van der Waals surface area contributed by atoms with Crippen LogP contribution < -0.4 is 10.1 Å². The number of nitriles is 1. The molecule has 0 amide bonds. The van der Waals surface area contributed by atoms with Gasteiger partial charge in [-0.1, -0.05) is 0 Å². The molecule has 1 aliphatic heterocycles. The number of hydrogen-bond acceptors (Lipinski definition) is 8. The van der Waals surface area contributed by atoms with Gasteiger partial charge in [-0.05, 0) is 48.5 Å². The number of anilines is 2. The van der Waals surface area contributed by atoms with Gasteiger partial charge in [-0.3, -0.25) is 0 Å². The molecule has 4 aromatic rings. The van der Waals surface area contributed by atoms with Gasteiger partial charge in [0, 0.05) is 30.3 Å². The van der Waals surface area contributed by atoms with Crippen molar-refractivity contribution in [2.45, 2.75) is 18.9 Å². The number of benzene rings is 2. The second-order valence-electron chi connectivity index (χ2n) is 7.53. The standard InChI is InChI=1S/C24H21N7O2/c25-14-18-13-17(1-6-23(18)33-21-8-11-32-12-9-21)22-7-10-27-24(30-22)29-19-2-4-20(5-3-19)31-16-26-15-28-31/h1-7,10,13,15-16,21H,8-9,11-12H2,(H,27,29,30). The fourth-order valence-corrected chi connectivity index (χ4v) is 3.60. The molecule has 3 heterocycles. The number of aromatic nitrogens is 5. The normalized spacial score (nSPS) is 13.9. The molecule has 0 bridgehead atoms. The van der Waals surface area contributed by atoms with Gasteiger partial charge in [0.25, 0.3) is 0 Å². The number of hydrogen-bond donors (Lipinski definition) is 1. The summed E-state index contributed by atoms with van der Waals surface area (Å²) in [5.74, 6) is 1.05. The van der Waals surface area contributed by atoms with Crippen molar-refractivity contribution in [2.75, 3.05) is 18.5 Å². The quantitative estimate of drug-likeness (QED) is 0.482. The predicted molar refractivity (Wildman–Crippen MR) is 121 cm³/mol. The summed E-state index contributed by atoms with van der Waals surface area (Å²) in [6.07, 6.45) is 6.55. The molecule has 0 unspecified atom stereocenters. The Morgan fingerprint density at radius 2 is 1.94 bits per heavy atom. The maximum atomic E-state index is 9.65. The summed E-state index contributed by atoms with van der Waals surface area (Å²) in [7, 11) is 0. The Morgan fingerprint density at radius 3 is 2.70 bits per heavy atom. The van der Waals surface area contributed by atoms with Gasteiger partial charge >= 0.3 is 0 Å². The monoisotopic (exact) mass is 439 g/mol. The van der Waals surface area contributed by atoms with Crippen molar-refractivity contribution in [1.29, 1.82) is 5.26 Å². The molecule has 1 aliphatic rings.